The molecule has 1 aliphatic heterocycles. The molecule has 0 saturated carbocycles. The lowest BCUT2D eigenvalue weighted by Crippen LogP contribution is -2.32. The fourth-order valence-electron chi connectivity index (χ4n) is 2.27. The molecule has 6 heteroatoms. The van der Waals surface area contributed by atoms with Crippen LogP contribution in [0.3, 0.4) is 0 Å². The van der Waals surface area contributed by atoms with Gasteiger partial charge in [-0.15, -0.1) is 0 Å². The van der Waals surface area contributed by atoms with Crippen LogP contribution in [0.2, 0.25) is 0 Å². The fourth-order valence-corrected chi connectivity index (χ4v) is 2.27. The van der Waals surface area contributed by atoms with Gasteiger partial charge in [0.1, 0.15) is 0 Å². The molecule has 1 aliphatic rings. The number of carbonyl (C=O) groups is 1. The second-order valence-corrected chi connectivity index (χ2v) is 4.63. The van der Waals surface area contributed by atoms with E-state index in [4.69, 9.17) is 9.84 Å². The molecule has 0 amide bonds. The maximum atomic E-state index is 10.8. The van der Waals surface area contributed by atoms with Crippen LogP contribution in [0, 0.1) is 0 Å². The van der Waals surface area contributed by atoms with Gasteiger partial charge in [-0.25, -0.2) is 4.98 Å². The zero-order valence-electron chi connectivity index (χ0n) is 11.1. The number of hydrogen-bond acceptors (Lipinski definition) is 5. The molecule has 1 unspecified atom stereocenters. The summed E-state index contributed by atoms with van der Waals surface area (Å²) >= 11 is 0. The van der Waals surface area contributed by atoms with Crippen molar-refractivity contribution in [2.24, 2.45) is 0 Å². The zero-order chi connectivity index (χ0) is 13.7. The van der Waals surface area contributed by atoms with Crippen molar-refractivity contribution >= 4 is 11.9 Å². The maximum Gasteiger partial charge on any atom is 0.305 e. The third kappa shape index (κ3) is 3.56. The highest BCUT2D eigenvalue weighted by molar-refractivity contribution is 5.68. The quantitative estimate of drug-likeness (QED) is 0.844. The average molecular weight is 265 g/mol. The van der Waals surface area contributed by atoms with Crippen LogP contribution in [-0.4, -0.2) is 40.2 Å². The highest BCUT2D eigenvalue weighted by Crippen LogP contribution is 2.25. The summed E-state index contributed by atoms with van der Waals surface area (Å²) in [6.45, 7) is 3.45. The number of nitrogens with zero attached hydrogens (tertiary/aromatic N) is 3. The lowest BCUT2D eigenvalue weighted by atomic mass is 10.1. The van der Waals surface area contributed by atoms with E-state index < -0.39 is 5.97 Å². The van der Waals surface area contributed by atoms with Crippen LogP contribution < -0.4 is 9.64 Å². The molecule has 0 aromatic carbocycles. The first kappa shape index (κ1) is 13.6. The first-order valence-corrected chi connectivity index (χ1v) is 6.65. The van der Waals surface area contributed by atoms with Crippen molar-refractivity contribution in [3.63, 3.8) is 0 Å². The molecule has 2 heterocycles. The molecule has 104 valence electrons. The van der Waals surface area contributed by atoms with Crippen LogP contribution in [0.5, 0.6) is 5.88 Å². The molecule has 0 spiro atoms. The maximum absolute atomic E-state index is 10.8. The van der Waals surface area contributed by atoms with Crippen molar-refractivity contribution in [2.45, 2.75) is 38.6 Å². The molecule has 6 nitrogen and oxygen atoms in total. The van der Waals surface area contributed by atoms with Crippen molar-refractivity contribution in [3.8, 4) is 5.88 Å². The van der Waals surface area contributed by atoms with Crippen LogP contribution >= 0.6 is 0 Å². The minimum atomic E-state index is -0.782. The van der Waals surface area contributed by atoms with E-state index in [0.29, 0.717) is 18.4 Å². The number of anilines is 1. The Bertz CT molecular complexity index is 439. The van der Waals surface area contributed by atoms with Crippen molar-refractivity contribution < 1.29 is 14.6 Å². The van der Waals surface area contributed by atoms with Gasteiger partial charge in [-0.2, -0.15) is 4.98 Å². The van der Waals surface area contributed by atoms with Gasteiger partial charge in [0.05, 0.1) is 13.0 Å². The fraction of sp³-hybridized carbons (Fsp3) is 0.615. The Morgan fingerprint density at radius 1 is 1.63 bits per heavy atom. The standard InChI is InChI=1S/C13H19N3O3/c1-2-8-19-11-5-6-14-13(15-11)16-7-3-4-10(16)9-12(17)18/h5-6,10H,2-4,7-9H2,1H3,(H,17,18). The lowest BCUT2D eigenvalue weighted by Gasteiger charge is -2.23. The highest BCUT2D eigenvalue weighted by Gasteiger charge is 2.28. The minimum Gasteiger partial charge on any atom is -0.481 e. The Labute approximate surface area is 112 Å². The van der Waals surface area contributed by atoms with E-state index in [1.165, 1.54) is 0 Å². The molecule has 1 aromatic rings. The second-order valence-electron chi connectivity index (χ2n) is 4.63. The molecule has 1 fully saturated rings. The van der Waals surface area contributed by atoms with Gasteiger partial charge in [0.25, 0.3) is 0 Å². The molecule has 1 atom stereocenters. The number of rotatable bonds is 6. The first-order chi connectivity index (χ1) is 9.20. The van der Waals surface area contributed by atoms with E-state index in [9.17, 15) is 4.79 Å². The summed E-state index contributed by atoms with van der Waals surface area (Å²) in [5, 5.41) is 8.92. The van der Waals surface area contributed by atoms with Gasteiger partial charge in [0.2, 0.25) is 11.8 Å². The Morgan fingerprint density at radius 2 is 2.47 bits per heavy atom. The van der Waals surface area contributed by atoms with Gasteiger partial charge >= 0.3 is 5.97 Å². The van der Waals surface area contributed by atoms with E-state index in [2.05, 4.69) is 9.97 Å². The summed E-state index contributed by atoms with van der Waals surface area (Å²) in [7, 11) is 0. The van der Waals surface area contributed by atoms with Crippen LogP contribution in [0.15, 0.2) is 12.3 Å². The normalized spacial score (nSPS) is 18.6. The third-order valence-electron chi connectivity index (χ3n) is 3.12. The smallest absolute Gasteiger partial charge is 0.305 e. The van der Waals surface area contributed by atoms with Crippen molar-refractivity contribution in [1.82, 2.24) is 9.97 Å². The molecule has 1 N–H and O–H groups in total. The van der Waals surface area contributed by atoms with E-state index in [1.807, 2.05) is 11.8 Å². The van der Waals surface area contributed by atoms with Crippen LogP contribution in [-0.2, 0) is 4.79 Å². The van der Waals surface area contributed by atoms with Crippen molar-refractivity contribution in [1.29, 1.82) is 0 Å². The number of aliphatic carboxylic acids is 1. The number of carboxylic acids is 1. The largest absolute Gasteiger partial charge is 0.481 e. The highest BCUT2D eigenvalue weighted by atomic mass is 16.5. The third-order valence-corrected chi connectivity index (χ3v) is 3.12. The van der Waals surface area contributed by atoms with Crippen LogP contribution in [0.25, 0.3) is 0 Å². The minimum absolute atomic E-state index is 0.0149. The summed E-state index contributed by atoms with van der Waals surface area (Å²) in [5.74, 6) is 0.334. The molecule has 0 aliphatic carbocycles. The Hall–Kier alpha value is -1.85. The Kier molecular flexibility index (Phi) is 4.54. The molecular weight excluding hydrogens is 246 g/mol. The lowest BCUT2D eigenvalue weighted by molar-refractivity contribution is -0.137. The molecule has 1 aromatic heterocycles. The molecule has 1 saturated heterocycles. The summed E-state index contributed by atoms with van der Waals surface area (Å²) in [6.07, 6.45) is 4.55. The van der Waals surface area contributed by atoms with Gasteiger partial charge < -0.3 is 14.7 Å². The van der Waals surface area contributed by atoms with Gasteiger partial charge in [-0.3, -0.25) is 4.79 Å². The molecule has 0 bridgehead atoms. The second kappa shape index (κ2) is 6.36. The predicted octanol–water partition coefficient (Wildman–Crippen LogP) is 1.71. The topological polar surface area (TPSA) is 75.5 Å². The SMILES string of the molecule is CCCOc1ccnc(N2CCCC2CC(=O)O)n1. The van der Waals surface area contributed by atoms with Gasteiger partial charge in [-0.1, -0.05) is 6.92 Å². The van der Waals surface area contributed by atoms with E-state index in [0.717, 1.165) is 25.8 Å². The monoisotopic (exact) mass is 265 g/mol. The summed E-state index contributed by atoms with van der Waals surface area (Å²) in [4.78, 5) is 21.4. The Morgan fingerprint density at radius 3 is 3.21 bits per heavy atom. The Balaban J connectivity index is 2.09. The van der Waals surface area contributed by atoms with Gasteiger partial charge in [0.15, 0.2) is 0 Å². The van der Waals surface area contributed by atoms with Gasteiger partial charge in [-0.05, 0) is 19.3 Å². The summed E-state index contributed by atoms with van der Waals surface area (Å²) < 4.78 is 5.48. The van der Waals surface area contributed by atoms with Crippen LogP contribution in [0.4, 0.5) is 5.95 Å². The predicted molar refractivity (Wildman–Crippen MR) is 70.4 cm³/mol. The number of ether oxygens (including phenoxy) is 1. The molecule has 19 heavy (non-hydrogen) atoms. The van der Waals surface area contributed by atoms with Crippen molar-refractivity contribution in [2.75, 3.05) is 18.1 Å². The van der Waals surface area contributed by atoms with E-state index >= 15 is 0 Å². The molecule has 0 radical (unpaired) electrons. The van der Waals surface area contributed by atoms with E-state index in [-0.39, 0.29) is 12.5 Å². The average Bonchev–Trinajstić information content (AvgIpc) is 2.84. The number of aromatic nitrogens is 2. The van der Waals surface area contributed by atoms with Crippen molar-refractivity contribution in [3.05, 3.63) is 12.3 Å². The van der Waals surface area contributed by atoms with Gasteiger partial charge in [0, 0.05) is 24.8 Å². The number of carboxylic acid groups (broad SMARTS) is 1. The van der Waals surface area contributed by atoms with Crippen LogP contribution in [0.1, 0.15) is 32.6 Å². The summed E-state index contributed by atoms with van der Waals surface area (Å²) in [5.41, 5.74) is 0. The van der Waals surface area contributed by atoms with E-state index in [1.54, 1.807) is 12.3 Å². The molecule has 2 rings (SSSR count). The first-order valence-electron chi connectivity index (χ1n) is 6.65. The zero-order valence-corrected chi connectivity index (χ0v) is 11.1. The summed E-state index contributed by atoms with van der Waals surface area (Å²) in [6, 6.07) is 1.71. The number of hydrogen-bond donors (Lipinski definition) is 1. The molecular formula is C13H19N3O3.